The molecule has 5 nitrogen and oxygen atoms in total. The molecule has 0 aliphatic carbocycles. The third-order valence-corrected chi connectivity index (χ3v) is 6.11. The van der Waals surface area contributed by atoms with Crippen LogP contribution in [0.3, 0.4) is 0 Å². The standard InChI is InChI=1S/C29H27Cl2NO4/c1-20-3-7-22(8-4-20)17-35-29(28-27(31)15-24(30)16-32-28,19-34-26-13-11-25(33)12-14-26)36-18-23-9-5-21(2)6-10-23/h3-16,33H,17-19H2,1-2H3. The number of halogens is 2. The van der Waals surface area contributed by atoms with Crippen molar-refractivity contribution in [2.24, 2.45) is 0 Å². The first-order valence-electron chi connectivity index (χ1n) is 11.5. The molecule has 186 valence electrons. The van der Waals surface area contributed by atoms with Crippen LogP contribution in [0.25, 0.3) is 0 Å². The fourth-order valence-corrected chi connectivity index (χ4v) is 4.04. The van der Waals surface area contributed by atoms with Gasteiger partial charge in [-0.15, -0.1) is 0 Å². The molecule has 0 atom stereocenters. The number of ether oxygens (including phenoxy) is 3. The van der Waals surface area contributed by atoms with Gasteiger partial charge in [-0.05, 0) is 55.3 Å². The Kier molecular flexibility index (Phi) is 8.49. The molecular weight excluding hydrogens is 497 g/mol. The summed E-state index contributed by atoms with van der Waals surface area (Å²) in [6.07, 6.45) is 1.50. The first-order valence-corrected chi connectivity index (χ1v) is 12.2. The minimum absolute atomic E-state index is 0.0517. The molecule has 0 aliphatic heterocycles. The Morgan fingerprint density at radius 3 is 1.81 bits per heavy atom. The number of phenolic OH excluding ortho intramolecular Hbond substituents is 1. The van der Waals surface area contributed by atoms with Crippen molar-refractivity contribution in [1.29, 1.82) is 0 Å². The quantitative estimate of drug-likeness (QED) is 0.220. The molecule has 1 heterocycles. The fourth-order valence-electron chi connectivity index (χ4n) is 3.51. The van der Waals surface area contributed by atoms with Crippen LogP contribution >= 0.6 is 23.2 Å². The molecule has 36 heavy (non-hydrogen) atoms. The molecule has 0 amide bonds. The van der Waals surface area contributed by atoms with Crippen LogP contribution in [0.15, 0.2) is 85.1 Å². The lowest BCUT2D eigenvalue weighted by molar-refractivity contribution is -0.275. The van der Waals surface area contributed by atoms with Gasteiger partial charge in [-0.2, -0.15) is 0 Å². The summed E-state index contributed by atoms with van der Waals surface area (Å²) >= 11 is 12.8. The number of phenols is 1. The van der Waals surface area contributed by atoms with E-state index in [0.717, 1.165) is 22.3 Å². The maximum Gasteiger partial charge on any atom is 0.249 e. The van der Waals surface area contributed by atoms with Gasteiger partial charge in [-0.25, -0.2) is 0 Å². The minimum Gasteiger partial charge on any atom is -0.508 e. The Morgan fingerprint density at radius 1 is 0.778 bits per heavy atom. The summed E-state index contributed by atoms with van der Waals surface area (Å²) in [6.45, 7) is 4.47. The van der Waals surface area contributed by atoms with Gasteiger partial charge in [0, 0.05) is 6.20 Å². The van der Waals surface area contributed by atoms with Crippen molar-refractivity contribution >= 4 is 23.2 Å². The molecule has 3 aromatic carbocycles. The molecular formula is C29H27Cl2NO4. The second kappa shape index (κ2) is 11.8. The summed E-state index contributed by atoms with van der Waals surface area (Å²) in [7, 11) is 0. The topological polar surface area (TPSA) is 60.8 Å². The molecule has 7 heteroatoms. The number of nitrogens with zero attached hydrogens (tertiary/aromatic N) is 1. The monoisotopic (exact) mass is 523 g/mol. The number of aryl methyl sites for hydroxylation is 2. The van der Waals surface area contributed by atoms with Crippen molar-refractivity contribution in [2.45, 2.75) is 32.8 Å². The lowest BCUT2D eigenvalue weighted by Gasteiger charge is -2.34. The highest BCUT2D eigenvalue weighted by molar-refractivity contribution is 6.34. The fraction of sp³-hybridized carbons (Fsp3) is 0.207. The van der Waals surface area contributed by atoms with E-state index in [4.69, 9.17) is 37.4 Å². The molecule has 1 N–H and O–H groups in total. The third kappa shape index (κ3) is 6.77. The van der Waals surface area contributed by atoms with Crippen molar-refractivity contribution in [2.75, 3.05) is 6.61 Å². The number of aromatic hydroxyl groups is 1. The van der Waals surface area contributed by atoms with E-state index in [1.807, 2.05) is 62.4 Å². The summed E-state index contributed by atoms with van der Waals surface area (Å²) < 4.78 is 19.0. The van der Waals surface area contributed by atoms with Gasteiger partial charge >= 0.3 is 0 Å². The Hall–Kier alpha value is -3.09. The van der Waals surface area contributed by atoms with E-state index in [1.54, 1.807) is 30.3 Å². The molecule has 0 spiro atoms. The average Bonchev–Trinajstić information content (AvgIpc) is 2.87. The van der Waals surface area contributed by atoms with E-state index in [1.165, 1.54) is 6.20 Å². The number of hydrogen-bond donors (Lipinski definition) is 1. The van der Waals surface area contributed by atoms with Gasteiger partial charge in [0.1, 0.15) is 23.8 Å². The highest BCUT2D eigenvalue weighted by Gasteiger charge is 2.40. The molecule has 0 saturated heterocycles. The van der Waals surface area contributed by atoms with Crippen molar-refractivity contribution in [3.8, 4) is 11.5 Å². The zero-order chi connectivity index (χ0) is 25.5. The van der Waals surface area contributed by atoms with E-state index in [-0.39, 0.29) is 25.6 Å². The van der Waals surface area contributed by atoms with Gasteiger partial charge in [0.2, 0.25) is 5.79 Å². The lowest BCUT2D eigenvalue weighted by Crippen LogP contribution is -2.40. The first kappa shape index (κ1) is 26.0. The molecule has 0 radical (unpaired) electrons. The second-order valence-electron chi connectivity index (χ2n) is 8.57. The predicted octanol–water partition coefficient (Wildman–Crippen LogP) is 7.38. The van der Waals surface area contributed by atoms with Crippen LogP contribution in [0, 0.1) is 13.8 Å². The summed E-state index contributed by atoms with van der Waals surface area (Å²) in [5.41, 5.74) is 4.57. The SMILES string of the molecule is Cc1ccc(COC(COc2ccc(O)cc2)(OCc2ccc(C)cc2)c2ncc(Cl)cc2Cl)cc1. The van der Waals surface area contributed by atoms with E-state index in [9.17, 15) is 5.11 Å². The summed E-state index contributed by atoms with van der Waals surface area (Å²) in [4.78, 5) is 4.50. The Labute approximate surface area is 221 Å². The summed E-state index contributed by atoms with van der Waals surface area (Å²) in [5, 5.41) is 10.3. The zero-order valence-electron chi connectivity index (χ0n) is 20.1. The largest absolute Gasteiger partial charge is 0.508 e. The van der Waals surface area contributed by atoms with Gasteiger partial charge in [-0.3, -0.25) is 4.98 Å². The summed E-state index contributed by atoms with van der Waals surface area (Å²) in [5.74, 6) is -0.794. The average molecular weight is 524 g/mol. The molecule has 4 aromatic rings. The number of hydrogen-bond acceptors (Lipinski definition) is 5. The van der Waals surface area contributed by atoms with Crippen molar-refractivity contribution < 1.29 is 19.3 Å². The van der Waals surface area contributed by atoms with E-state index >= 15 is 0 Å². The molecule has 0 fully saturated rings. The Balaban J connectivity index is 1.70. The normalized spacial score (nSPS) is 11.4. The van der Waals surface area contributed by atoms with Crippen molar-refractivity contribution in [3.63, 3.8) is 0 Å². The van der Waals surface area contributed by atoms with Gasteiger partial charge in [0.15, 0.2) is 0 Å². The summed E-state index contributed by atoms with van der Waals surface area (Å²) in [6, 6.07) is 24.1. The Morgan fingerprint density at radius 2 is 1.31 bits per heavy atom. The minimum atomic E-state index is -1.46. The van der Waals surface area contributed by atoms with Gasteiger partial charge in [0.05, 0.1) is 23.3 Å². The maximum absolute atomic E-state index is 9.64. The lowest BCUT2D eigenvalue weighted by atomic mass is 10.1. The van der Waals surface area contributed by atoms with E-state index in [2.05, 4.69) is 4.98 Å². The highest BCUT2D eigenvalue weighted by atomic mass is 35.5. The Bertz CT molecular complexity index is 1160. The molecule has 1 aromatic heterocycles. The van der Waals surface area contributed by atoms with Crippen molar-refractivity contribution in [1.82, 2.24) is 4.98 Å². The first-order chi connectivity index (χ1) is 17.3. The van der Waals surface area contributed by atoms with Gasteiger partial charge in [0.25, 0.3) is 0 Å². The predicted molar refractivity (Wildman–Crippen MR) is 141 cm³/mol. The smallest absolute Gasteiger partial charge is 0.249 e. The van der Waals surface area contributed by atoms with Crippen LogP contribution < -0.4 is 4.74 Å². The van der Waals surface area contributed by atoms with Crippen LogP contribution in [0.2, 0.25) is 10.0 Å². The molecule has 0 unspecified atom stereocenters. The van der Waals surface area contributed by atoms with Crippen LogP contribution in [-0.4, -0.2) is 16.7 Å². The second-order valence-corrected chi connectivity index (χ2v) is 9.41. The maximum atomic E-state index is 9.64. The molecule has 0 aliphatic rings. The van der Waals surface area contributed by atoms with Crippen molar-refractivity contribution in [3.05, 3.63) is 123 Å². The van der Waals surface area contributed by atoms with E-state index < -0.39 is 5.79 Å². The number of aromatic nitrogens is 1. The van der Waals surface area contributed by atoms with Gasteiger partial charge < -0.3 is 19.3 Å². The van der Waals surface area contributed by atoms with Crippen LogP contribution in [0.4, 0.5) is 0 Å². The van der Waals surface area contributed by atoms with E-state index in [0.29, 0.717) is 21.5 Å². The zero-order valence-corrected chi connectivity index (χ0v) is 21.6. The number of pyridine rings is 1. The molecule has 4 rings (SSSR count). The molecule has 0 bridgehead atoms. The third-order valence-electron chi connectivity index (χ3n) is 5.62. The number of rotatable bonds is 10. The molecule has 0 saturated carbocycles. The highest BCUT2D eigenvalue weighted by Crippen LogP contribution is 2.35. The van der Waals surface area contributed by atoms with Crippen LogP contribution in [0.5, 0.6) is 11.5 Å². The number of benzene rings is 3. The van der Waals surface area contributed by atoms with Crippen LogP contribution in [-0.2, 0) is 28.5 Å². The van der Waals surface area contributed by atoms with Gasteiger partial charge in [-0.1, -0.05) is 82.9 Å². The van der Waals surface area contributed by atoms with Crippen LogP contribution in [0.1, 0.15) is 27.9 Å².